The fourth-order valence-corrected chi connectivity index (χ4v) is 2.44. The number of carboxylic acids is 1. The molecular formula is C18H16N2O5. The predicted octanol–water partition coefficient (Wildman–Crippen LogP) is 2.26. The van der Waals surface area contributed by atoms with Crippen molar-refractivity contribution < 1.29 is 23.8 Å². The predicted molar refractivity (Wildman–Crippen MR) is 89.6 cm³/mol. The van der Waals surface area contributed by atoms with Crippen LogP contribution in [0, 0.1) is 0 Å². The Balaban J connectivity index is 1.78. The molecule has 1 amide bonds. The van der Waals surface area contributed by atoms with Gasteiger partial charge in [-0.3, -0.25) is 9.78 Å². The maximum absolute atomic E-state index is 12.4. The molecule has 3 rings (SSSR count). The van der Waals surface area contributed by atoms with Gasteiger partial charge in [0, 0.05) is 24.2 Å². The number of aromatic nitrogens is 1. The highest BCUT2D eigenvalue weighted by Gasteiger charge is 2.23. The first-order chi connectivity index (χ1) is 12.1. The number of aliphatic carboxylic acids is 1. The van der Waals surface area contributed by atoms with E-state index in [-0.39, 0.29) is 12.2 Å². The Labute approximate surface area is 143 Å². The minimum absolute atomic E-state index is 0.0456. The maximum atomic E-state index is 12.4. The third-order valence-corrected chi connectivity index (χ3v) is 3.74. The van der Waals surface area contributed by atoms with Crippen molar-refractivity contribution in [3.63, 3.8) is 0 Å². The van der Waals surface area contributed by atoms with Crippen molar-refractivity contribution in [1.29, 1.82) is 0 Å². The second-order valence-corrected chi connectivity index (χ2v) is 5.44. The van der Waals surface area contributed by atoms with Crippen LogP contribution >= 0.6 is 0 Å². The van der Waals surface area contributed by atoms with Crippen molar-refractivity contribution in [2.45, 2.75) is 12.5 Å². The Morgan fingerprint density at radius 2 is 2.00 bits per heavy atom. The van der Waals surface area contributed by atoms with Crippen molar-refractivity contribution in [1.82, 2.24) is 10.3 Å². The van der Waals surface area contributed by atoms with Gasteiger partial charge in [0.2, 0.25) is 0 Å². The molecule has 1 aromatic carbocycles. The summed E-state index contributed by atoms with van der Waals surface area (Å²) in [6, 6.07) is 9.04. The molecule has 7 heteroatoms. The van der Waals surface area contributed by atoms with Crippen LogP contribution in [0.3, 0.4) is 0 Å². The van der Waals surface area contributed by atoms with Crippen molar-refractivity contribution in [2.75, 3.05) is 7.11 Å². The van der Waals surface area contributed by atoms with Crippen LogP contribution in [-0.2, 0) is 11.2 Å². The van der Waals surface area contributed by atoms with E-state index in [2.05, 4.69) is 10.3 Å². The Morgan fingerprint density at radius 3 is 2.68 bits per heavy atom. The molecule has 3 aromatic rings. The summed E-state index contributed by atoms with van der Waals surface area (Å²) in [6.45, 7) is 0. The summed E-state index contributed by atoms with van der Waals surface area (Å²) >= 11 is 0. The third kappa shape index (κ3) is 3.77. The third-order valence-electron chi connectivity index (χ3n) is 3.74. The fourth-order valence-electron chi connectivity index (χ4n) is 2.44. The van der Waals surface area contributed by atoms with Gasteiger partial charge < -0.3 is 19.6 Å². The molecule has 0 saturated heterocycles. The quantitative estimate of drug-likeness (QED) is 0.714. The van der Waals surface area contributed by atoms with Gasteiger partial charge in [-0.15, -0.1) is 0 Å². The number of amides is 1. The largest absolute Gasteiger partial charge is 0.497 e. The zero-order chi connectivity index (χ0) is 17.8. The molecule has 7 nitrogen and oxygen atoms in total. The SMILES string of the molecule is COc1ccc2oc(C(=O)N[C@@H](Cc3ccncc3)C(=O)O)cc2c1. The topological polar surface area (TPSA) is 102 Å². The number of rotatable bonds is 6. The summed E-state index contributed by atoms with van der Waals surface area (Å²) in [6.07, 6.45) is 3.29. The van der Waals surface area contributed by atoms with Crippen LogP contribution in [-0.4, -0.2) is 35.1 Å². The van der Waals surface area contributed by atoms with E-state index in [9.17, 15) is 14.7 Å². The van der Waals surface area contributed by atoms with Gasteiger partial charge in [-0.25, -0.2) is 4.79 Å². The van der Waals surface area contributed by atoms with Crippen molar-refractivity contribution in [3.8, 4) is 5.75 Å². The first-order valence-corrected chi connectivity index (χ1v) is 7.57. The van der Waals surface area contributed by atoms with Crippen LogP contribution in [0.25, 0.3) is 11.0 Å². The average molecular weight is 340 g/mol. The highest BCUT2D eigenvalue weighted by molar-refractivity contribution is 5.98. The Kier molecular flexibility index (Phi) is 4.65. The van der Waals surface area contributed by atoms with E-state index in [4.69, 9.17) is 9.15 Å². The summed E-state index contributed by atoms with van der Waals surface area (Å²) in [5, 5.41) is 12.5. The Hall–Kier alpha value is -3.35. The van der Waals surface area contributed by atoms with Crippen molar-refractivity contribution in [2.24, 2.45) is 0 Å². The molecule has 2 aromatic heterocycles. The van der Waals surface area contributed by atoms with Crippen LogP contribution in [0.1, 0.15) is 16.1 Å². The molecule has 0 aliphatic rings. The van der Waals surface area contributed by atoms with Crippen LogP contribution in [0.5, 0.6) is 5.75 Å². The average Bonchev–Trinajstić information content (AvgIpc) is 3.05. The monoisotopic (exact) mass is 340 g/mol. The molecule has 0 spiro atoms. The van der Waals surface area contributed by atoms with Gasteiger partial charge in [0.25, 0.3) is 5.91 Å². The minimum Gasteiger partial charge on any atom is -0.497 e. The molecule has 128 valence electrons. The molecule has 0 aliphatic heterocycles. The van der Waals surface area contributed by atoms with Crippen molar-refractivity contribution >= 4 is 22.8 Å². The van der Waals surface area contributed by atoms with E-state index in [1.54, 1.807) is 55.9 Å². The lowest BCUT2D eigenvalue weighted by Gasteiger charge is -2.13. The number of furan rings is 1. The van der Waals surface area contributed by atoms with Gasteiger partial charge in [0.15, 0.2) is 5.76 Å². The molecule has 2 heterocycles. The van der Waals surface area contributed by atoms with Gasteiger partial charge in [-0.05, 0) is 42.0 Å². The number of carboxylic acid groups (broad SMARTS) is 1. The molecule has 1 atom stereocenters. The number of benzene rings is 1. The summed E-state index contributed by atoms with van der Waals surface area (Å²) in [4.78, 5) is 27.7. The number of nitrogens with zero attached hydrogens (tertiary/aromatic N) is 1. The second-order valence-electron chi connectivity index (χ2n) is 5.44. The van der Waals surface area contributed by atoms with E-state index in [0.29, 0.717) is 16.7 Å². The van der Waals surface area contributed by atoms with Crippen LogP contribution in [0.4, 0.5) is 0 Å². The minimum atomic E-state index is -1.12. The molecule has 2 N–H and O–H groups in total. The highest BCUT2D eigenvalue weighted by Crippen LogP contribution is 2.24. The number of hydrogen-bond donors (Lipinski definition) is 2. The number of pyridine rings is 1. The smallest absolute Gasteiger partial charge is 0.326 e. The summed E-state index contributed by atoms with van der Waals surface area (Å²) in [7, 11) is 1.55. The van der Waals surface area contributed by atoms with Gasteiger partial charge in [-0.1, -0.05) is 0 Å². The number of hydrogen-bond acceptors (Lipinski definition) is 5. The summed E-state index contributed by atoms with van der Waals surface area (Å²) < 4.78 is 10.6. The molecule has 25 heavy (non-hydrogen) atoms. The molecule has 0 fully saturated rings. The van der Waals surface area contributed by atoms with E-state index in [0.717, 1.165) is 5.56 Å². The Bertz CT molecular complexity index is 904. The van der Waals surface area contributed by atoms with Crippen LogP contribution in [0.2, 0.25) is 0 Å². The molecule has 0 radical (unpaired) electrons. The first-order valence-electron chi connectivity index (χ1n) is 7.57. The normalized spacial score (nSPS) is 11.9. The lowest BCUT2D eigenvalue weighted by Crippen LogP contribution is -2.42. The number of ether oxygens (including phenoxy) is 1. The number of carbonyl (C=O) groups is 2. The fraction of sp³-hybridized carbons (Fsp3) is 0.167. The number of nitrogens with one attached hydrogen (secondary N) is 1. The van der Waals surface area contributed by atoms with Crippen molar-refractivity contribution in [3.05, 3.63) is 60.1 Å². The molecule has 0 aliphatic carbocycles. The number of methoxy groups -OCH3 is 1. The maximum Gasteiger partial charge on any atom is 0.326 e. The van der Waals surface area contributed by atoms with Gasteiger partial charge in [-0.2, -0.15) is 0 Å². The second kappa shape index (κ2) is 7.04. The molecular weight excluding hydrogens is 324 g/mol. The molecule has 0 saturated carbocycles. The van der Waals surface area contributed by atoms with Crippen LogP contribution < -0.4 is 10.1 Å². The lowest BCUT2D eigenvalue weighted by molar-refractivity contribution is -0.139. The van der Waals surface area contributed by atoms with E-state index in [1.165, 1.54) is 0 Å². The zero-order valence-electron chi connectivity index (χ0n) is 13.4. The molecule has 0 bridgehead atoms. The standard InChI is InChI=1S/C18H16N2O5/c1-24-13-2-3-15-12(9-13)10-16(25-15)17(21)20-14(18(22)23)8-11-4-6-19-7-5-11/h2-7,9-10,14H,8H2,1H3,(H,20,21)(H,22,23)/t14-/m0/s1. The summed E-state index contributed by atoms with van der Waals surface area (Å²) in [5.74, 6) is -1.02. The number of fused-ring (bicyclic) bond motifs is 1. The lowest BCUT2D eigenvalue weighted by atomic mass is 10.1. The van der Waals surface area contributed by atoms with Gasteiger partial charge in [0.05, 0.1) is 7.11 Å². The van der Waals surface area contributed by atoms with E-state index >= 15 is 0 Å². The van der Waals surface area contributed by atoms with E-state index < -0.39 is 17.9 Å². The highest BCUT2D eigenvalue weighted by atomic mass is 16.5. The van der Waals surface area contributed by atoms with E-state index in [1.807, 2.05) is 0 Å². The van der Waals surface area contributed by atoms with Gasteiger partial charge >= 0.3 is 5.97 Å². The Morgan fingerprint density at radius 1 is 1.24 bits per heavy atom. The van der Waals surface area contributed by atoms with Gasteiger partial charge in [0.1, 0.15) is 17.4 Å². The summed E-state index contributed by atoms with van der Waals surface area (Å²) in [5.41, 5.74) is 1.28. The zero-order valence-corrected chi connectivity index (χ0v) is 13.4. The molecule has 0 unspecified atom stereocenters. The number of carbonyl (C=O) groups excluding carboxylic acids is 1. The van der Waals surface area contributed by atoms with Crippen LogP contribution in [0.15, 0.2) is 53.2 Å². The first kappa shape index (κ1) is 16.5.